The summed E-state index contributed by atoms with van der Waals surface area (Å²) in [6, 6.07) is 7.84. The summed E-state index contributed by atoms with van der Waals surface area (Å²) in [6.07, 6.45) is 1.72. The molecule has 0 aliphatic rings. The molecular formula is C10H13N3OS2. The van der Waals surface area contributed by atoms with Crippen LogP contribution >= 0.6 is 24.0 Å². The fourth-order valence-corrected chi connectivity index (χ4v) is 1.67. The summed E-state index contributed by atoms with van der Waals surface area (Å²) in [5, 5.41) is 4.00. The second kappa shape index (κ2) is 7.08. The van der Waals surface area contributed by atoms with E-state index in [-0.39, 0.29) is 5.11 Å². The third-order valence-electron chi connectivity index (χ3n) is 1.65. The van der Waals surface area contributed by atoms with Gasteiger partial charge in [0.1, 0.15) is 5.75 Å². The van der Waals surface area contributed by atoms with Crippen molar-refractivity contribution in [1.82, 2.24) is 5.43 Å². The monoisotopic (exact) mass is 255 g/mol. The molecule has 0 aliphatic carbocycles. The van der Waals surface area contributed by atoms with Gasteiger partial charge in [-0.05, 0) is 36.5 Å². The number of nitrogens with one attached hydrogen (secondary N) is 1. The maximum Gasteiger partial charge on any atom is 0.184 e. The van der Waals surface area contributed by atoms with Gasteiger partial charge in [0.05, 0.1) is 7.11 Å². The number of thiocarbonyl (C=S) groups is 1. The fraction of sp³-hybridized carbons (Fsp3) is 0.200. The van der Waals surface area contributed by atoms with E-state index in [0.29, 0.717) is 0 Å². The SMILES string of the molecule is COc1ccc(SC/C=N/NC(N)=S)cc1. The first kappa shape index (κ1) is 12.8. The van der Waals surface area contributed by atoms with Crippen molar-refractivity contribution >= 4 is 35.3 Å². The van der Waals surface area contributed by atoms with Crippen molar-refractivity contribution in [3.8, 4) is 5.75 Å². The molecule has 0 heterocycles. The van der Waals surface area contributed by atoms with Gasteiger partial charge >= 0.3 is 0 Å². The number of thioether (sulfide) groups is 1. The first-order valence-corrected chi connectivity index (χ1v) is 5.95. The molecule has 3 N–H and O–H groups in total. The van der Waals surface area contributed by atoms with Crippen LogP contribution in [-0.4, -0.2) is 24.2 Å². The Balaban J connectivity index is 2.31. The van der Waals surface area contributed by atoms with Crippen LogP contribution in [-0.2, 0) is 0 Å². The largest absolute Gasteiger partial charge is 0.497 e. The van der Waals surface area contributed by atoms with Gasteiger partial charge in [-0.15, -0.1) is 11.8 Å². The predicted octanol–water partition coefficient (Wildman–Crippen LogP) is 1.61. The van der Waals surface area contributed by atoms with E-state index >= 15 is 0 Å². The Morgan fingerprint density at radius 3 is 2.81 bits per heavy atom. The van der Waals surface area contributed by atoms with Crippen LogP contribution in [0.25, 0.3) is 0 Å². The van der Waals surface area contributed by atoms with Gasteiger partial charge in [-0.2, -0.15) is 5.10 Å². The molecule has 1 aromatic rings. The molecule has 0 spiro atoms. The Morgan fingerprint density at radius 2 is 2.25 bits per heavy atom. The quantitative estimate of drug-likeness (QED) is 0.362. The number of rotatable bonds is 5. The van der Waals surface area contributed by atoms with Crippen molar-refractivity contribution in [3.63, 3.8) is 0 Å². The van der Waals surface area contributed by atoms with Crippen LogP contribution < -0.4 is 15.9 Å². The summed E-state index contributed by atoms with van der Waals surface area (Å²) >= 11 is 6.26. The van der Waals surface area contributed by atoms with Crippen LogP contribution in [0, 0.1) is 0 Å². The van der Waals surface area contributed by atoms with E-state index in [4.69, 9.17) is 10.5 Å². The minimum Gasteiger partial charge on any atom is -0.497 e. The van der Waals surface area contributed by atoms with Crippen LogP contribution in [0.1, 0.15) is 0 Å². The highest BCUT2D eigenvalue weighted by Gasteiger charge is 1.93. The molecule has 1 rings (SSSR count). The van der Waals surface area contributed by atoms with E-state index < -0.39 is 0 Å². The molecule has 0 radical (unpaired) electrons. The van der Waals surface area contributed by atoms with Gasteiger partial charge < -0.3 is 10.5 Å². The number of benzene rings is 1. The lowest BCUT2D eigenvalue weighted by Gasteiger charge is -2.01. The number of nitrogens with zero attached hydrogens (tertiary/aromatic N) is 1. The van der Waals surface area contributed by atoms with Crippen molar-refractivity contribution in [2.24, 2.45) is 10.8 Å². The second-order valence-electron chi connectivity index (χ2n) is 2.77. The Labute approximate surface area is 104 Å². The van der Waals surface area contributed by atoms with E-state index in [1.165, 1.54) is 0 Å². The summed E-state index contributed by atoms with van der Waals surface area (Å²) in [4.78, 5) is 1.16. The van der Waals surface area contributed by atoms with Crippen molar-refractivity contribution in [2.45, 2.75) is 4.90 Å². The van der Waals surface area contributed by atoms with Gasteiger partial charge in [-0.1, -0.05) is 0 Å². The second-order valence-corrected chi connectivity index (χ2v) is 4.31. The summed E-state index contributed by atoms with van der Waals surface area (Å²) in [5.41, 5.74) is 7.70. The highest BCUT2D eigenvalue weighted by Crippen LogP contribution is 2.20. The lowest BCUT2D eigenvalue weighted by atomic mass is 10.3. The van der Waals surface area contributed by atoms with Gasteiger partial charge in [-0.3, -0.25) is 5.43 Å². The molecule has 0 unspecified atom stereocenters. The minimum absolute atomic E-state index is 0.172. The molecule has 86 valence electrons. The number of hydrazone groups is 1. The molecule has 0 aliphatic heterocycles. The Hall–Kier alpha value is -1.27. The number of nitrogens with two attached hydrogens (primary N) is 1. The average Bonchev–Trinajstić information content (AvgIpc) is 2.29. The summed E-state index contributed by atoms with van der Waals surface area (Å²) in [6.45, 7) is 0. The smallest absolute Gasteiger partial charge is 0.184 e. The van der Waals surface area contributed by atoms with Crippen LogP contribution in [0.2, 0.25) is 0 Å². The molecule has 4 nitrogen and oxygen atoms in total. The van der Waals surface area contributed by atoms with E-state index in [2.05, 4.69) is 22.7 Å². The molecule has 0 atom stereocenters. The van der Waals surface area contributed by atoms with E-state index in [9.17, 15) is 0 Å². The Bertz CT molecular complexity index is 365. The van der Waals surface area contributed by atoms with E-state index in [0.717, 1.165) is 16.4 Å². The number of methoxy groups -OCH3 is 1. The van der Waals surface area contributed by atoms with Gasteiger partial charge in [0.15, 0.2) is 5.11 Å². The molecule has 0 fully saturated rings. The lowest BCUT2D eigenvalue weighted by Crippen LogP contribution is -2.24. The Kier molecular flexibility index (Phi) is 5.66. The van der Waals surface area contributed by atoms with Crippen LogP contribution in [0.5, 0.6) is 5.75 Å². The molecule has 0 saturated heterocycles. The number of hydrogen-bond acceptors (Lipinski definition) is 4. The maximum atomic E-state index is 5.20. The van der Waals surface area contributed by atoms with Gasteiger partial charge in [-0.25, -0.2) is 0 Å². The van der Waals surface area contributed by atoms with Crippen LogP contribution in [0.15, 0.2) is 34.3 Å². The third kappa shape index (κ3) is 4.99. The highest BCUT2D eigenvalue weighted by atomic mass is 32.2. The third-order valence-corrected chi connectivity index (χ3v) is 2.66. The average molecular weight is 255 g/mol. The normalized spacial score (nSPS) is 10.3. The minimum atomic E-state index is 0.172. The lowest BCUT2D eigenvalue weighted by molar-refractivity contribution is 0.414. The van der Waals surface area contributed by atoms with Gasteiger partial charge in [0.25, 0.3) is 0 Å². The molecule has 0 bridgehead atoms. The summed E-state index contributed by atoms with van der Waals surface area (Å²) in [7, 11) is 1.65. The molecule has 16 heavy (non-hydrogen) atoms. The van der Waals surface area contributed by atoms with Crippen molar-refractivity contribution < 1.29 is 4.74 Å². The summed E-state index contributed by atoms with van der Waals surface area (Å²) < 4.78 is 5.06. The first-order valence-electron chi connectivity index (χ1n) is 4.56. The fourth-order valence-electron chi connectivity index (χ4n) is 0.952. The summed E-state index contributed by atoms with van der Waals surface area (Å²) in [5.74, 6) is 1.61. The highest BCUT2D eigenvalue weighted by molar-refractivity contribution is 7.99. The number of hydrogen-bond donors (Lipinski definition) is 2. The van der Waals surface area contributed by atoms with Crippen molar-refractivity contribution in [2.75, 3.05) is 12.9 Å². The number of ether oxygens (including phenoxy) is 1. The molecule has 0 saturated carbocycles. The van der Waals surface area contributed by atoms with Gasteiger partial charge in [0.2, 0.25) is 0 Å². The zero-order valence-electron chi connectivity index (χ0n) is 8.84. The standard InChI is InChI=1S/C10H13N3OS2/c1-14-8-2-4-9(5-3-8)16-7-6-12-13-10(11)15/h2-6H,7H2,1H3,(H3,11,13,15)/b12-6+. The Morgan fingerprint density at radius 1 is 1.56 bits per heavy atom. The molecule has 0 amide bonds. The van der Waals surface area contributed by atoms with Gasteiger partial charge in [0, 0.05) is 16.9 Å². The molecule has 1 aromatic carbocycles. The van der Waals surface area contributed by atoms with Crippen LogP contribution in [0.3, 0.4) is 0 Å². The van der Waals surface area contributed by atoms with E-state index in [1.54, 1.807) is 25.1 Å². The maximum absolute atomic E-state index is 5.20. The van der Waals surface area contributed by atoms with Crippen LogP contribution in [0.4, 0.5) is 0 Å². The molecular weight excluding hydrogens is 242 g/mol. The topological polar surface area (TPSA) is 59.6 Å². The zero-order valence-corrected chi connectivity index (χ0v) is 10.5. The van der Waals surface area contributed by atoms with E-state index in [1.807, 2.05) is 24.3 Å². The first-order chi connectivity index (χ1) is 7.72. The predicted molar refractivity (Wildman–Crippen MR) is 72.1 cm³/mol. The van der Waals surface area contributed by atoms with Crippen molar-refractivity contribution in [3.05, 3.63) is 24.3 Å². The molecule has 6 heteroatoms. The van der Waals surface area contributed by atoms with Crippen molar-refractivity contribution in [1.29, 1.82) is 0 Å². The molecule has 0 aromatic heterocycles. The zero-order chi connectivity index (χ0) is 11.8.